The Hall–Kier alpha value is -2.67. The maximum Gasteiger partial charge on any atom is 0.287 e. The van der Waals surface area contributed by atoms with Crippen LogP contribution in [0, 0.1) is 5.82 Å². The summed E-state index contributed by atoms with van der Waals surface area (Å²) in [7, 11) is 0. The second kappa shape index (κ2) is 9.50. The Kier molecular flexibility index (Phi) is 6.81. The average molecular weight is 387 g/mol. The van der Waals surface area contributed by atoms with Gasteiger partial charge in [0.25, 0.3) is 5.91 Å². The van der Waals surface area contributed by atoms with Crippen molar-refractivity contribution in [3.05, 3.63) is 48.0 Å². The van der Waals surface area contributed by atoms with E-state index >= 15 is 0 Å². The third-order valence-electron chi connectivity index (χ3n) is 4.82. The van der Waals surface area contributed by atoms with Crippen molar-refractivity contribution in [1.82, 2.24) is 15.5 Å². The van der Waals surface area contributed by atoms with Crippen molar-refractivity contribution in [3.8, 4) is 11.3 Å². The first-order valence-corrected chi connectivity index (χ1v) is 9.71. The van der Waals surface area contributed by atoms with Crippen LogP contribution >= 0.6 is 0 Å². The number of carbonyl (C=O) groups is 2. The molecule has 1 aromatic heterocycles. The average Bonchev–Trinajstić information content (AvgIpc) is 3.19. The zero-order valence-corrected chi connectivity index (χ0v) is 16.0. The summed E-state index contributed by atoms with van der Waals surface area (Å²) >= 11 is 0. The number of piperidine rings is 1. The molecule has 0 saturated carbocycles. The monoisotopic (exact) mass is 387 g/mol. The quantitative estimate of drug-likeness (QED) is 0.766. The fourth-order valence-corrected chi connectivity index (χ4v) is 3.24. The van der Waals surface area contributed by atoms with Gasteiger partial charge in [-0.2, -0.15) is 0 Å². The lowest BCUT2D eigenvalue weighted by Crippen LogP contribution is -2.47. The Labute approximate surface area is 164 Å². The van der Waals surface area contributed by atoms with Crippen LogP contribution in [0.25, 0.3) is 11.3 Å². The van der Waals surface area contributed by atoms with Gasteiger partial charge in [-0.3, -0.25) is 14.5 Å². The number of hydrogen-bond donors (Lipinski definition) is 2. The number of carbonyl (C=O) groups excluding carboxylic acids is 2. The van der Waals surface area contributed by atoms with E-state index in [0.717, 1.165) is 37.9 Å². The molecule has 0 spiro atoms. The van der Waals surface area contributed by atoms with Crippen LogP contribution < -0.4 is 10.6 Å². The van der Waals surface area contributed by atoms with Gasteiger partial charge >= 0.3 is 0 Å². The fraction of sp³-hybridized carbons (Fsp3) is 0.429. The van der Waals surface area contributed by atoms with Gasteiger partial charge in [-0.05, 0) is 55.7 Å². The molecule has 6 nitrogen and oxygen atoms in total. The van der Waals surface area contributed by atoms with E-state index in [4.69, 9.17) is 4.42 Å². The van der Waals surface area contributed by atoms with Crippen LogP contribution in [0.2, 0.25) is 0 Å². The number of rotatable bonds is 7. The van der Waals surface area contributed by atoms with Gasteiger partial charge in [0.2, 0.25) is 5.91 Å². The van der Waals surface area contributed by atoms with Crippen LogP contribution in [-0.4, -0.2) is 48.9 Å². The number of nitrogens with one attached hydrogen (secondary N) is 2. The number of benzene rings is 1. The Morgan fingerprint density at radius 1 is 1.14 bits per heavy atom. The molecule has 2 aromatic rings. The maximum atomic E-state index is 13.0. The molecular weight excluding hydrogens is 361 g/mol. The molecule has 7 heteroatoms. The zero-order chi connectivity index (χ0) is 19.9. The summed E-state index contributed by atoms with van der Waals surface area (Å²) in [6.45, 7) is 4.66. The number of likely N-dealkylation sites (tertiary alicyclic amines) is 1. The molecule has 0 bridgehead atoms. The van der Waals surface area contributed by atoms with Crippen LogP contribution in [0.1, 0.15) is 36.7 Å². The van der Waals surface area contributed by atoms with Crippen LogP contribution in [0.15, 0.2) is 40.8 Å². The molecular formula is C21H26FN3O3. The molecule has 0 aliphatic carbocycles. The molecule has 2 N–H and O–H groups in total. The summed E-state index contributed by atoms with van der Waals surface area (Å²) in [5, 5.41) is 5.88. The van der Waals surface area contributed by atoms with Crippen molar-refractivity contribution in [2.45, 2.75) is 32.2 Å². The third kappa shape index (κ3) is 5.42. The molecule has 1 fully saturated rings. The number of nitrogens with zero attached hydrogens (tertiary/aromatic N) is 1. The lowest BCUT2D eigenvalue weighted by Gasteiger charge is -2.31. The lowest BCUT2D eigenvalue weighted by atomic mass is 10.0. The molecule has 150 valence electrons. The van der Waals surface area contributed by atoms with E-state index in [1.54, 1.807) is 24.3 Å². The highest BCUT2D eigenvalue weighted by molar-refractivity contribution is 5.92. The number of hydrogen-bond acceptors (Lipinski definition) is 4. The summed E-state index contributed by atoms with van der Waals surface area (Å²) < 4.78 is 18.7. The summed E-state index contributed by atoms with van der Waals surface area (Å²) in [4.78, 5) is 26.3. The number of halogens is 1. The minimum atomic E-state index is -0.317. The lowest BCUT2D eigenvalue weighted by molar-refractivity contribution is -0.122. The summed E-state index contributed by atoms with van der Waals surface area (Å²) in [5.74, 6) is 0.238. The van der Waals surface area contributed by atoms with Gasteiger partial charge in [0.1, 0.15) is 11.6 Å². The highest BCUT2D eigenvalue weighted by Crippen LogP contribution is 2.22. The first-order chi connectivity index (χ1) is 13.5. The normalized spacial score (nSPS) is 15.4. The van der Waals surface area contributed by atoms with Gasteiger partial charge in [0.05, 0.1) is 6.54 Å². The van der Waals surface area contributed by atoms with Crippen molar-refractivity contribution in [1.29, 1.82) is 0 Å². The maximum absolute atomic E-state index is 13.0. The van der Waals surface area contributed by atoms with Gasteiger partial charge in [-0.1, -0.05) is 6.92 Å². The Morgan fingerprint density at radius 3 is 2.54 bits per heavy atom. The smallest absolute Gasteiger partial charge is 0.287 e. The highest BCUT2D eigenvalue weighted by Gasteiger charge is 2.23. The predicted molar refractivity (Wildman–Crippen MR) is 104 cm³/mol. The van der Waals surface area contributed by atoms with Crippen LogP contribution in [0.3, 0.4) is 0 Å². The highest BCUT2D eigenvalue weighted by atomic mass is 19.1. The van der Waals surface area contributed by atoms with Crippen molar-refractivity contribution in [3.63, 3.8) is 0 Å². The number of furan rings is 1. The first-order valence-electron chi connectivity index (χ1n) is 9.71. The molecule has 1 aromatic carbocycles. The van der Waals surface area contributed by atoms with E-state index in [9.17, 15) is 14.0 Å². The molecule has 1 aliphatic heterocycles. The predicted octanol–water partition coefficient (Wildman–Crippen LogP) is 2.81. The van der Waals surface area contributed by atoms with Gasteiger partial charge in [0, 0.05) is 31.2 Å². The third-order valence-corrected chi connectivity index (χ3v) is 4.82. The number of amides is 2. The van der Waals surface area contributed by atoms with Crippen LogP contribution in [0.5, 0.6) is 0 Å². The Morgan fingerprint density at radius 2 is 1.86 bits per heavy atom. The first kappa shape index (κ1) is 20.1. The summed E-state index contributed by atoms with van der Waals surface area (Å²) in [6.07, 6.45) is 2.51. The largest absolute Gasteiger partial charge is 0.451 e. The SMILES string of the molecule is CCCNC(=O)CN1CCC(NC(=O)c2ccc(-c3ccc(F)cc3)o2)CC1. The van der Waals surface area contributed by atoms with E-state index in [1.807, 2.05) is 6.92 Å². The van der Waals surface area contributed by atoms with Gasteiger partial charge in [0.15, 0.2) is 5.76 Å². The minimum Gasteiger partial charge on any atom is -0.451 e. The molecule has 0 unspecified atom stereocenters. The van der Waals surface area contributed by atoms with Crippen molar-refractivity contribution >= 4 is 11.8 Å². The minimum absolute atomic E-state index is 0.0493. The standard InChI is InChI=1S/C21H26FN3O3/c1-2-11-23-20(26)14-25-12-9-17(10-13-25)24-21(27)19-8-7-18(28-19)15-3-5-16(22)6-4-15/h3-8,17H,2,9-14H2,1H3,(H,23,26)(H,24,27). The molecule has 3 rings (SSSR count). The molecule has 2 amide bonds. The van der Waals surface area contributed by atoms with Crippen molar-refractivity contribution in [2.75, 3.05) is 26.2 Å². The van der Waals surface area contributed by atoms with Crippen LogP contribution in [-0.2, 0) is 4.79 Å². The van der Waals surface area contributed by atoms with E-state index in [1.165, 1.54) is 12.1 Å². The van der Waals surface area contributed by atoms with E-state index in [2.05, 4.69) is 15.5 Å². The van der Waals surface area contributed by atoms with Gasteiger partial charge in [-0.15, -0.1) is 0 Å². The van der Waals surface area contributed by atoms with Gasteiger partial charge < -0.3 is 15.1 Å². The zero-order valence-electron chi connectivity index (χ0n) is 16.0. The summed E-state index contributed by atoms with van der Waals surface area (Å²) in [6, 6.07) is 9.33. The van der Waals surface area contributed by atoms with E-state index < -0.39 is 0 Å². The molecule has 1 aliphatic rings. The Balaban J connectivity index is 1.47. The van der Waals surface area contributed by atoms with Crippen molar-refractivity contribution in [2.24, 2.45) is 0 Å². The molecule has 2 heterocycles. The fourth-order valence-electron chi connectivity index (χ4n) is 3.24. The molecule has 0 atom stereocenters. The Bertz CT molecular complexity index is 795. The second-order valence-corrected chi connectivity index (χ2v) is 7.04. The van der Waals surface area contributed by atoms with E-state index in [0.29, 0.717) is 18.8 Å². The van der Waals surface area contributed by atoms with Crippen molar-refractivity contribution < 1.29 is 18.4 Å². The topological polar surface area (TPSA) is 74.6 Å². The van der Waals surface area contributed by atoms with Gasteiger partial charge in [-0.25, -0.2) is 4.39 Å². The van der Waals surface area contributed by atoms with Crippen LogP contribution in [0.4, 0.5) is 4.39 Å². The molecule has 0 radical (unpaired) electrons. The summed E-state index contributed by atoms with van der Waals surface area (Å²) in [5.41, 5.74) is 0.718. The second-order valence-electron chi connectivity index (χ2n) is 7.04. The molecule has 1 saturated heterocycles. The van der Waals surface area contributed by atoms with E-state index in [-0.39, 0.29) is 29.4 Å². The molecule has 28 heavy (non-hydrogen) atoms.